The number of amides is 1. The minimum Gasteiger partial charge on any atom is -0.494 e. The Morgan fingerprint density at radius 3 is 2.77 bits per heavy atom. The van der Waals surface area contributed by atoms with E-state index in [1.165, 1.54) is 6.20 Å². The van der Waals surface area contributed by atoms with Gasteiger partial charge in [0.15, 0.2) is 0 Å². The molecule has 3 N–H and O–H groups in total. The molecule has 0 aromatic heterocycles. The number of carboxylic acids is 1. The van der Waals surface area contributed by atoms with E-state index in [2.05, 4.69) is 10.6 Å². The van der Waals surface area contributed by atoms with E-state index in [0.717, 1.165) is 16.9 Å². The van der Waals surface area contributed by atoms with E-state index in [4.69, 9.17) is 15.1 Å². The first kappa shape index (κ1) is 21.0. The molecule has 0 bridgehead atoms. The molecule has 0 aliphatic rings. The first-order valence-electron chi connectivity index (χ1n) is 8.48. The van der Waals surface area contributed by atoms with Crippen molar-refractivity contribution in [2.45, 2.75) is 39.7 Å². The van der Waals surface area contributed by atoms with Gasteiger partial charge in [0.1, 0.15) is 17.4 Å². The van der Waals surface area contributed by atoms with Crippen LogP contribution in [0.25, 0.3) is 0 Å². The Hall–Kier alpha value is -3.01. The molecule has 26 heavy (non-hydrogen) atoms. The summed E-state index contributed by atoms with van der Waals surface area (Å²) in [5, 5.41) is 23.3. The van der Waals surface area contributed by atoms with Gasteiger partial charge in [-0.3, -0.25) is 9.59 Å². The van der Waals surface area contributed by atoms with E-state index in [9.17, 15) is 9.59 Å². The Morgan fingerprint density at radius 2 is 2.15 bits per heavy atom. The third kappa shape index (κ3) is 6.85. The van der Waals surface area contributed by atoms with Crippen molar-refractivity contribution < 1.29 is 19.4 Å². The second-order valence-corrected chi connectivity index (χ2v) is 5.79. The van der Waals surface area contributed by atoms with Gasteiger partial charge in [-0.15, -0.1) is 0 Å². The maximum Gasteiger partial charge on any atom is 0.303 e. The standard InChI is InChI=1S/C19H25N3O4/c1-4-26-17-8-7-13(2)10-16(17)14(3)22-12-15(11-20)19(25)21-9-5-6-18(23)24/h7-8,10,12,14,22H,4-6,9H2,1-3H3,(H,21,25)(H,23,24)/b15-12-. The lowest BCUT2D eigenvalue weighted by molar-refractivity contribution is -0.137. The Labute approximate surface area is 153 Å². The van der Waals surface area contributed by atoms with Crippen molar-refractivity contribution >= 4 is 11.9 Å². The number of hydrogen-bond acceptors (Lipinski definition) is 5. The summed E-state index contributed by atoms with van der Waals surface area (Å²) < 4.78 is 5.63. The SMILES string of the molecule is CCOc1ccc(C)cc1C(C)N/C=C(/C#N)C(=O)NCCCC(=O)O. The molecule has 1 aromatic carbocycles. The predicted molar refractivity (Wildman–Crippen MR) is 97.5 cm³/mol. The number of ether oxygens (including phenoxy) is 1. The number of carbonyl (C=O) groups is 2. The second-order valence-electron chi connectivity index (χ2n) is 5.79. The molecular weight excluding hydrogens is 334 g/mol. The molecule has 0 aliphatic heterocycles. The van der Waals surface area contributed by atoms with Crippen LogP contribution in [0.4, 0.5) is 0 Å². The lowest BCUT2D eigenvalue weighted by Crippen LogP contribution is -2.27. The summed E-state index contributed by atoms with van der Waals surface area (Å²) in [4.78, 5) is 22.4. The van der Waals surface area contributed by atoms with Crippen LogP contribution >= 0.6 is 0 Å². The average molecular weight is 359 g/mol. The molecule has 1 aromatic rings. The molecule has 0 radical (unpaired) electrons. The zero-order chi connectivity index (χ0) is 19.5. The highest BCUT2D eigenvalue weighted by Gasteiger charge is 2.13. The minimum atomic E-state index is -0.922. The molecule has 0 heterocycles. The molecule has 140 valence electrons. The first-order valence-corrected chi connectivity index (χ1v) is 8.48. The fourth-order valence-electron chi connectivity index (χ4n) is 2.28. The number of aryl methyl sites for hydroxylation is 1. The smallest absolute Gasteiger partial charge is 0.303 e. The van der Waals surface area contributed by atoms with Crippen LogP contribution in [0.1, 0.15) is 43.9 Å². The topological polar surface area (TPSA) is 111 Å². The monoisotopic (exact) mass is 359 g/mol. The highest BCUT2D eigenvalue weighted by molar-refractivity contribution is 5.97. The van der Waals surface area contributed by atoms with Crippen LogP contribution in [-0.4, -0.2) is 30.1 Å². The van der Waals surface area contributed by atoms with Crippen molar-refractivity contribution in [3.63, 3.8) is 0 Å². The molecule has 0 saturated carbocycles. The number of nitriles is 1. The van der Waals surface area contributed by atoms with Crippen molar-refractivity contribution in [1.29, 1.82) is 5.26 Å². The van der Waals surface area contributed by atoms with Gasteiger partial charge >= 0.3 is 5.97 Å². The summed E-state index contributed by atoms with van der Waals surface area (Å²) in [6, 6.07) is 7.54. The van der Waals surface area contributed by atoms with Crippen LogP contribution in [0.2, 0.25) is 0 Å². The predicted octanol–water partition coefficient (Wildman–Crippen LogP) is 2.43. The van der Waals surface area contributed by atoms with Crippen LogP contribution in [0, 0.1) is 18.3 Å². The van der Waals surface area contributed by atoms with E-state index in [1.807, 2.05) is 45.0 Å². The van der Waals surface area contributed by atoms with Gasteiger partial charge in [-0.05, 0) is 33.3 Å². The molecule has 7 nitrogen and oxygen atoms in total. The van der Waals surface area contributed by atoms with Crippen LogP contribution in [0.15, 0.2) is 30.0 Å². The Balaban J connectivity index is 2.74. The van der Waals surface area contributed by atoms with Gasteiger partial charge in [0.05, 0.1) is 12.6 Å². The Morgan fingerprint density at radius 1 is 1.42 bits per heavy atom. The summed E-state index contributed by atoms with van der Waals surface area (Å²) >= 11 is 0. The normalized spacial score (nSPS) is 12.0. The molecule has 1 atom stereocenters. The maximum absolute atomic E-state index is 12.0. The van der Waals surface area contributed by atoms with E-state index in [-0.39, 0.29) is 24.6 Å². The number of nitrogens with zero attached hydrogens (tertiary/aromatic N) is 1. The molecule has 1 amide bonds. The van der Waals surface area contributed by atoms with Crippen molar-refractivity contribution in [3.8, 4) is 11.8 Å². The van der Waals surface area contributed by atoms with Gasteiger partial charge in [0, 0.05) is 24.7 Å². The molecule has 1 unspecified atom stereocenters. The average Bonchev–Trinajstić information content (AvgIpc) is 2.60. The van der Waals surface area contributed by atoms with Crippen LogP contribution in [-0.2, 0) is 9.59 Å². The van der Waals surface area contributed by atoms with Crippen LogP contribution in [0.3, 0.4) is 0 Å². The zero-order valence-corrected chi connectivity index (χ0v) is 15.3. The molecule has 0 aliphatic carbocycles. The summed E-state index contributed by atoms with van der Waals surface area (Å²) in [7, 11) is 0. The quantitative estimate of drug-likeness (QED) is 0.336. The van der Waals surface area contributed by atoms with Crippen LogP contribution < -0.4 is 15.4 Å². The Kier molecular flexibility index (Phi) is 8.71. The number of carboxylic acid groups (broad SMARTS) is 1. The summed E-state index contributed by atoms with van der Waals surface area (Å²) in [5.74, 6) is -0.705. The summed E-state index contributed by atoms with van der Waals surface area (Å²) in [6.45, 7) is 6.54. The lowest BCUT2D eigenvalue weighted by atomic mass is 10.0. The van der Waals surface area contributed by atoms with Gasteiger partial charge in [0.25, 0.3) is 5.91 Å². The van der Waals surface area contributed by atoms with Gasteiger partial charge < -0.3 is 20.5 Å². The number of hydrogen-bond donors (Lipinski definition) is 3. The van der Waals surface area contributed by atoms with E-state index < -0.39 is 11.9 Å². The molecule has 7 heteroatoms. The Bertz CT molecular complexity index is 707. The number of nitrogens with one attached hydrogen (secondary N) is 2. The van der Waals surface area contributed by atoms with Gasteiger partial charge in [-0.2, -0.15) is 5.26 Å². The number of aliphatic carboxylic acids is 1. The minimum absolute atomic E-state index is 0.0330. The second kappa shape index (κ2) is 10.8. The lowest BCUT2D eigenvalue weighted by Gasteiger charge is -2.18. The number of benzene rings is 1. The fraction of sp³-hybridized carbons (Fsp3) is 0.421. The van der Waals surface area contributed by atoms with E-state index in [1.54, 1.807) is 0 Å². The fourth-order valence-corrected chi connectivity index (χ4v) is 2.28. The molecule has 1 rings (SSSR count). The maximum atomic E-state index is 12.0. The van der Waals surface area contributed by atoms with Crippen LogP contribution in [0.5, 0.6) is 5.75 Å². The molecular formula is C19H25N3O4. The summed E-state index contributed by atoms with van der Waals surface area (Å²) in [6.07, 6.45) is 1.65. The number of rotatable bonds is 10. The molecule has 0 saturated heterocycles. The zero-order valence-electron chi connectivity index (χ0n) is 15.3. The van der Waals surface area contributed by atoms with Crippen molar-refractivity contribution in [2.75, 3.05) is 13.2 Å². The third-order valence-electron chi connectivity index (χ3n) is 3.63. The summed E-state index contributed by atoms with van der Waals surface area (Å²) in [5.41, 5.74) is 1.94. The highest BCUT2D eigenvalue weighted by atomic mass is 16.5. The largest absolute Gasteiger partial charge is 0.494 e. The van der Waals surface area contributed by atoms with E-state index in [0.29, 0.717) is 13.0 Å². The van der Waals surface area contributed by atoms with Crippen molar-refractivity contribution in [1.82, 2.24) is 10.6 Å². The first-order chi connectivity index (χ1) is 12.4. The van der Waals surface area contributed by atoms with Gasteiger partial charge in [-0.25, -0.2) is 0 Å². The van der Waals surface area contributed by atoms with Crippen molar-refractivity contribution in [3.05, 3.63) is 41.1 Å². The third-order valence-corrected chi connectivity index (χ3v) is 3.63. The van der Waals surface area contributed by atoms with E-state index >= 15 is 0 Å². The van der Waals surface area contributed by atoms with Crippen molar-refractivity contribution in [2.24, 2.45) is 0 Å². The number of carbonyl (C=O) groups excluding carboxylic acids is 1. The highest BCUT2D eigenvalue weighted by Crippen LogP contribution is 2.26. The van der Waals surface area contributed by atoms with Gasteiger partial charge in [0.2, 0.25) is 0 Å². The van der Waals surface area contributed by atoms with Gasteiger partial charge in [-0.1, -0.05) is 17.7 Å². The molecule has 0 spiro atoms. The molecule has 0 fully saturated rings.